The summed E-state index contributed by atoms with van der Waals surface area (Å²) in [5.41, 5.74) is 9.55. The van der Waals surface area contributed by atoms with E-state index in [1.54, 1.807) is 11.3 Å². The molecule has 0 fully saturated rings. The van der Waals surface area contributed by atoms with Gasteiger partial charge < -0.3 is 8.98 Å². The van der Waals surface area contributed by atoms with Crippen molar-refractivity contribution in [2.75, 3.05) is 0 Å². The van der Waals surface area contributed by atoms with E-state index in [9.17, 15) is 0 Å². The highest BCUT2D eigenvalue weighted by atomic mass is 32.1. The average Bonchev–Trinajstić information content (AvgIpc) is 3.93. The van der Waals surface area contributed by atoms with Crippen molar-refractivity contribution in [3.63, 3.8) is 0 Å². The largest absolute Gasteiger partial charge is 0.455 e. The van der Waals surface area contributed by atoms with Crippen LogP contribution in [0.4, 0.5) is 0 Å². The summed E-state index contributed by atoms with van der Waals surface area (Å²) in [6.07, 6.45) is 0. The van der Waals surface area contributed by atoms with Crippen molar-refractivity contribution in [3.8, 4) is 50.4 Å². The molecule has 0 saturated carbocycles. The molecule has 0 saturated heterocycles. The molecular formula is C46H27N5OS. The zero-order chi connectivity index (χ0) is 34.9. The second kappa shape index (κ2) is 11.8. The Balaban J connectivity index is 1.17. The third-order valence-electron chi connectivity index (χ3n) is 9.91. The quantitative estimate of drug-likeness (QED) is 0.179. The fourth-order valence-corrected chi connectivity index (χ4v) is 8.57. The highest BCUT2D eigenvalue weighted by Crippen LogP contribution is 2.43. The Hall–Kier alpha value is -6.96. The minimum atomic E-state index is 0.580. The minimum absolute atomic E-state index is 0.580. The van der Waals surface area contributed by atoms with Crippen LogP contribution >= 0.6 is 11.3 Å². The SMILES string of the molecule is c1ccc(-c2nc(-c3cccc4oc5c(-c6nc7ccccc7s6)cccc5c34)nc(-c3cccc4c3c3ccccc3n4-c3ccccc3)n2)cc1. The lowest BCUT2D eigenvalue weighted by molar-refractivity contribution is 0.670. The predicted octanol–water partition coefficient (Wildman–Crippen LogP) is 12.1. The Morgan fingerprint density at radius 3 is 1.91 bits per heavy atom. The first-order valence-electron chi connectivity index (χ1n) is 17.5. The maximum Gasteiger partial charge on any atom is 0.164 e. The van der Waals surface area contributed by atoms with E-state index < -0.39 is 0 Å². The zero-order valence-corrected chi connectivity index (χ0v) is 29.0. The molecule has 0 spiro atoms. The Kier molecular flexibility index (Phi) is 6.62. The number of nitrogens with zero attached hydrogens (tertiary/aromatic N) is 5. The van der Waals surface area contributed by atoms with Gasteiger partial charge in [0.1, 0.15) is 16.2 Å². The van der Waals surface area contributed by atoms with Crippen LogP contribution < -0.4 is 0 Å². The number of rotatable bonds is 5. The molecule has 0 aliphatic heterocycles. The minimum Gasteiger partial charge on any atom is -0.455 e. The first-order chi connectivity index (χ1) is 26.3. The Bertz CT molecular complexity index is 3150. The average molecular weight is 698 g/mol. The molecule has 0 radical (unpaired) electrons. The van der Waals surface area contributed by atoms with E-state index in [1.165, 1.54) is 0 Å². The molecule has 7 heteroatoms. The lowest BCUT2D eigenvalue weighted by Gasteiger charge is -2.11. The molecule has 0 amide bonds. The van der Waals surface area contributed by atoms with Gasteiger partial charge in [0, 0.05) is 43.9 Å². The summed E-state index contributed by atoms with van der Waals surface area (Å²) in [6.45, 7) is 0. The zero-order valence-electron chi connectivity index (χ0n) is 28.1. The van der Waals surface area contributed by atoms with Gasteiger partial charge in [0.15, 0.2) is 17.5 Å². The molecule has 0 aliphatic carbocycles. The summed E-state index contributed by atoms with van der Waals surface area (Å²) in [4.78, 5) is 20.6. The molecule has 0 atom stereocenters. The normalized spacial score (nSPS) is 11.8. The number of fused-ring (bicyclic) bond motifs is 7. The van der Waals surface area contributed by atoms with Crippen molar-refractivity contribution in [2.45, 2.75) is 0 Å². The number of hydrogen-bond acceptors (Lipinski definition) is 6. The fourth-order valence-electron chi connectivity index (χ4n) is 7.58. The highest BCUT2D eigenvalue weighted by Gasteiger charge is 2.22. The molecule has 6 nitrogen and oxygen atoms in total. The van der Waals surface area contributed by atoms with Crippen LogP contribution in [0.5, 0.6) is 0 Å². The van der Waals surface area contributed by atoms with Crippen LogP contribution in [0.15, 0.2) is 168 Å². The molecule has 0 unspecified atom stereocenters. The number of furan rings is 1. The van der Waals surface area contributed by atoms with E-state index in [4.69, 9.17) is 24.4 Å². The van der Waals surface area contributed by atoms with Crippen LogP contribution in [0.25, 0.3) is 104 Å². The summed E-state index contributed by atoms with van der Waals surface area (Å²) >= 11 is 1.67. The van der Waals surface area contributed by atoms with Crippen molar-refractivity contribution in [2.24, 2.45) is 0 Å². The Morgan fingerprint density at radius 2 is 1.08 bits per heavy atom. The van der Waals surface area contributed by atoms with Gasteiger partial charge in [-0.15, -0.1) is 11.3 Å². The third-order valence-corrected chi connectivity index (χ3v) is 11.0. The van der Waals surface area contributed by atoms with Crippen molar-refractivity contribution >= 4 is 65.3 Å². The van der Waals surface area contributed by atoms with Gasteiger partial charge in [-0.1, -0.05) is 115 Å². The van der Waals surface area contributed by atoms with Gasteiger partial charge in [0.25, 0.3) is 0 Å². The van der Waals surface area contributed by atoms with Gasteiger partial charge >= 0.3 is 0 Å². The van der Waals surface area contributed by atoms with Gasteiger partial charge in [0.2, 0.25) is 0 Å². The summed E-state index contributed by atoms with van der Waals surface area (Å²) in [6, 6.07) is 56.1. The van der Waals surface area contributed by atoms with E-state index in [1.807, 2.05) is 60.7 Å². The topological polar surface area (TPSA) is 69.6 Å². The van der Waals surface area contributed by atoms with Crippen LogP contribution in [-0.2, 0) is 0 Å². The smallest absolute Gasteiger partial charge is 0.164 e. The summed E-state index contributed by atoms with van der Waals surface area (Å²) in [7, 11) is 0. The van der Waals surface area contributed by atoms with Gasteiger partial charge in [-0.05, 0) is 48.5 Å². The standard InChI is InChI=1S/C46H27N5OS/c1-3-14-28(15-4-1)43-48-44(32-20-12-25-37-40(32)30-18-7-9-24-36(30)51(37)29-16-5-2-6-17-29)50-45(49-43)33-21-13-26-38-41(33)31-19-11-22-34(42(31)52-38)46-47-35-23-8-10-27-39(35)53-46/h1-27H. The lowest BCUT2D eigenvalue weighted by atomic mass is 10.0. The summed E-state index contributed by atoms with van der Waals surface area (Å²) < 4.78 is 10.1. The Labute approximate surface area is 307 Å². The molecular weight excluding hydrogens is 671 g/mol. The first-order valence-corrected chi connectivity index (χ1v) is 18.3. The number of aromatic nitrogens is 5. The number of thiazole rings is 1. The molecule has 11 rings (SSSR count). The van der Waals surface area contributed by atoms with Gasteiger partial charge in [-0.2, -0.15) is 0 Å². The molecule has 0 N–H and O–H groups in total. The van der Waals surface area contributed by atoms with Gasteiger partial charge in [0.05, 0.1) is 26.8 Å². The number of para-hydroxylation sites is 4. The maximum atomic E-state index is 6.67. The summed E-state index contributed by atoms with van der Waals surface area (Å²) in [5, 5.41) is 5.10. The van der Waals surface area contributed by atoms with Gasteiger partial charge in [-0.25, -0.2) is 19.9 Å². The van der Waals surface area contributed by atoms with Crippen LogP contribution in [0.1, 0.15) is 0 Å². The van der Waals surface area contributed by atoms with Crippen LogP contribution in [0.3, 0.4) is 0 Å². The fraction of sp³-hybridized carbons (Fsp3) is 0. The third kappa shape index (κ3) is 4.71. The summed E-state index contributed by atoms with van der Waals surface area (Å²) in [5.74, 6) is 1.79. The lowest BCUT2D eigenvalue weighted by Crippen LogP contribution is -2.01. The van der Waals surface area contributed by atoms with Crippen molar-refractivity contribution < 1.29 is 4.42 Å². The van der Waals surface area contributed by atoms with Crippen molar-refractivity contribution in [1.82, 2.24) is 24.5 Å². The van der Waals surface area contributed by atoms with E-state index >= 15 is 0 Å². The van der Waals surface area contributed by atoms with E-state index in [0.29, 0.717) is 17.5 Å². The molecule has 53 heavy (non-hydrogen) atoms. The second-order valence-electron chi connectivity index (χ2n) is 13.0. The van der Waals surface area contributed by atoms with E-state index in [2.05, 4.69) is 108 Å². The van der Waals surface area contributed by atoms with E-state index in [0.717, 1.165) is 86.9 Å². The molecule has 248 valence electrons. The number of benzene rings is 7. The second-order valence-corrected chi connectivity index (χ2v) is 14.0. The molecule has 0 bridgehead atoms. The van der Waals surface area contributed by atoms with Crippen molar-refractivity contribution in [1.29, 1.82) is 0 Å². The van der Waals surface area contributed by atoms with Crippen molar-refractivity contribution in [3.05, 3.63) is 164 Å². The Morgan fingerprint density at radius 1 is 0.453 bits per heavy atom. The molecule has 7 aromatic carbocycles. The highest BCUT2D eigenvalue weighted by molar-refractivity contribution is 7.21. The molecule has 11 aromatic rings. The van der Waals surface area contributed by atoms with Crippen LogP contribution in [-0.4, -0.2) is 24.5 Å². The predicted molar refractivity (Wildman–Crippen MR) is 216 cm³/mol. The van der Waals surface area contributed by atoms with Crippen LogP contribution in [0.2, 0.25) is 0 Å². The van der Waals surface area contributed by atoms with Crippen LogP contribution in [0, 0.1) is 0 Å². The maximum absolute atomic E-state index is 6.67. The van der Waals surface area contributed by atoms with E-state index in [-0.39, 0.29) is 0 Å². The molecule has 4 aromatic heterocycles. The monoisotopic (exact) mass is 697 g/mol. The van der Waals surface area contributed by atoms with Gasteiger partial charge in [-0.3, -0.25) is 0 Å². The first kappa shape index (κ1) is 29.7. The number of hydrogen-bond donors (Lipinski definition) is 0. The molecule has 0 aliphatic rings. The molecule has 4 heterocycles.